The fourth-order valence-corrected chi connectivity index (χ4v) is 1.54. The molecule has 19 heavy (non-hydrogen) atoms. The first-order valence-electron chi connectivity index (χ1n) is 6.49. The Morgan fingerprint density at radius 3 is 2.58 bits per heavy atom. The molecule has 0 aliphatic rings. The van der Waals surface area contributed by atoms with E-state index < -0.39 is 4.92 Å². The zero-order valence-electron chi connectivity index (χ0n) is 12.0. The van der Waals surface area contributed by atoms with E-state index in [0.29, 0.717) is 24.6 Å². The first-order chi connectivity index (χ1) is 8.85. The summed E-state index contributed by atoms with van der Waals surface area (Å²) < 4.78 is 5.44. The topological polar surface area (TPSA) is 64.4 Å². The Balaban J connectivity index is 2.99. The van der Waals surface area contributed by atoms with Crippen LogP contribution in [-0.2, 0) is 0 Å². The molecule has 0 saturated carbocycles. The number of para-hydroxylation sites is 1. The molecule has 1 aromatic carbocycles. The van der Waals surface area contributed by atoms with Crippen LogP contribution in [0, 0.1) is 15.5 Å². The molecule has 5 heteroatoms. The van der Waals surface area contributed by atoms with Crippen molar-refractivity contribution >= 4 is 11.4 Å². The molecular weight excluding hydrogens is 244 g/mol. The zero-order valence-corrected chi connectivity index (χ0v) is 12.0. The van der Waals surface area contributed by atoms with Crippen molar-refractivity contribution in [1.29, 1.82) is 0 Å². The molecule has 0 saturated heterocycles. The van der Waals surface area contributed by atoms with Crippen molar-refractivity contribution in [1.82, 2.24) is 0 Å². The van der Waals surface area contributed by atoms with Crippen molar-refractivity contribution in [2.24, 2.45) is 5.41 Å². The molecule has 0 unspecified atom stereocenters. The Labute approximate surface area is 114 Å². The lowest BCUT2D eigenvalue weighted by molar-refractivity contribution is -0.385. The average Bonchev–Trinajstić information content (AvgIpc) is 2.32. The number of anilines is 1. The lowest BCUT2D eigenvalue weighted by atomic mass is 9.97. The first kappa shape index (κ1) is 15.3. The number of hydrogen-bond acceptors (Lipinski definition) is 4. The van der Waals surface area contributed by atoms with Gasteiger partial charge in [-0.2, -0.15) is 0 Å². The van der Waals surface area contributed by atoms with Gasteiger partial charge in [0.05, 0.1) is 11.5 Å². The second-order valence-electron chi connectivity index (χ2n) is 5.67. The maximum Gasteiger partial charge on any atom is 0.333 e. The van der Waals surface area contributed by atoms with Gasteiger partial charge in [0.2, 0.25) is 0 Å². The average molecular weight is 266 g/mol. The summed E-state index contributed by atoms with van der Waals surface area (Å²) in [5, 5.41) is 14.3. The fourth-order valence-electron chi connectivity index (χ4n) is 1.54. The second-order valence-corrected chi connectivity index (χ2v) is 5.67. The van der Waals surface area contributed by atoms with Gasteiger partial charge in [-0.1, -0.05) is 33.8 Å². The van der Waals surface area contributed by atoms with Gasteiger partial charge in [-0.15, -0.1) is 0 Å². The summed E-state index contributed by atoms with van der Waals surface area (Å²) in [6, 6.07) is 5.11. The van der Waals surface area contributed by atoms with Gasteiger partial charge in [-0.05, 0) is 24.0 Å². The van der Waals surface area contributed by atoms with E-state index in [1.807, 2.05) is 6.92 Å². The summed E-state index contributed by atoms with van der Waals surface area (Å²) in [6.45, 7) is 9.32. The summed E-state index contributed by atoms with van der Waals surface area (Å²) >= 11 is 0. The highest BCUT2D eigenvalue weighted by molar-refractivity contribution is 5.68. The predicted molar refractivity (Wildman–Crippen MR) is 76.8 cm³/mol. The lowest BCUT2D eigenvalue weighted by Gasteiger charge is -2.20. The third-order valence-corrected chi connectivity index (χ3v) is 2.45. The van der Waals surface area contributed by atoms with Crippen LogP contribution in [0.1, 0.15) is 34.1 Å². The molecule has 0 spiro atoms. The van der Waals surface area contributed by atoms with Crippen LogP contribution in [0.5, 0.6) is 5.75 Å². The number of benzene rings is 1. The fraction of sp³-hybridized carbons (Fsp3) is 0.571. The van der Waals surface area contributed by atoms with Gasteiger partial charge in [-0.3, -0.25) is 10.1 Å². The van der Waals surface area contributed by atoms with Crippen LogP contribution in [0.25, 0.3) is 0 Å². The molecular formula is C14H22N2O3. The van der Waals surface area contributed by atoms with Crippen LogP contribution in [0.3, 0.4) is 0 Å². The van der Waals surface area contributed by atoms with E-state index in [0.717, 1.165) is 6.42 Å². The molecule has 0 aliphatic heterocycles. The Morgan fingerprint density at radius 1 is 1.37 bits per heavy atom. The molecule has 106 valence electrons. The van der Waals surface area contributed by atoms with E-state index >= 15 is 0 Å². The van der Waals surface area contributed by atoms with Gasteiger partial charge in [-0.25, -0.2) is 0 Å². The normalized spacial score (nSPS) is 11.2. The van der Waals surface area contributed by atoms with Gasteiger partial charge in [0.15, 0.2) is 5.75 Å². The maximum atomic E-state index is 11.2. The summed E-state index contributed by atoms with van der Waals surface area (Å²) in [6.07, 6.45) is 0.816. The van der Waals surface area contributed by atoms with E-state index in [1.54, 1.807) is 18.2 Å². The van der Waals surface area contributed by atoms with Crippen LogP contribution in [0.4, 0.5) is 11.4 Å². The molecule has 0 bridgehead atoms. The van der Waals surface area contributed by atoms with E-state index in [4.69, 9.17) is 4.74 Å². The van der Waals surface area contributed by atoms with E-state index in [-0.39, 0.29) is 11.1 Å². The summed E-state index contributed by atoms with van der Waals surface area (Å²) in [4.78, 5) is 10.8. The van der Waals surface area contributed by atoms with Crippen LogP contribution < -0.4 is 10.1 Å². The summed E-state index contributed by atoms with van der Waals surface area (Å²) in [5.74, 6) is 0.325. The highest BCUT2D eigenvalue weighted by Crippen LogP contribution is 2.35. The molecule has 0 fully saturated rings. The minimum atomic E-state index is -0.393. The number of ether oxygens (including phenoxy) is 1. The predicted octanol–water partition coefficient (Wildman–Crippen LogP) is 3.84. The van der Waals surface area contributed by atoms with E-state index in [9.17, 15) is 10.1 Å². The SMILES string of the molecule is CCCOc1cccc(NCC(C)(C)C)c1[N+](=O)[O-]. The standard InChI is InChI=1S/C14H22N2O3/c1-5-9-19-12-8-6-7-11(13(12)16(17)18)15-10-14(2,3)4/h6-8,15H,5,9-10H2,1-4H3. The summed E-state index contributed by atoms with van der Waals surface area (Å²) in [5.41, 5.74) is 0.572. The van der Waals surface area contributed by atoms with Gasteiger partial charge >= 0.3 is 5.69 Å². The quantitative estimate of drug-likeness (QED) is 0.627. The van der Waals surface area contributed by atoms with E-state index in [1.165, 1.54) is 0 Å². The highest BCUT2D eigenvalue weighted by atomic mass is 16.6. The molecule has 1 rings (SSSR count). The third-order valence-electron chi connectivity index (χ3n) is 2.45. The number of nitrogens with zero attached hydrogens (tertiary/aromatic N) is 1. The van der Waals surface area contributed by atoms with Crippen molar-refractivity contribution in [3.8, 4) is 5.75 Å². The number of nitrogens with one attached hydrogen (secondary N) is 1. The summed E-state index contributed by atoms with van der Waals surface area (Å²) in [7, 11) is 0. The molecule has 0 aliphatic carbocycles. The van der Waals surface area contributed by atoms with Crippen LogP contribution in [0.15, 0.2) is 18.2 Å². The van der Waals surface area contributed by atoms with Crippen molar-refractivity contribution in [3.05, 3.63) is 28.3 Å². The highest BCUT2D eigenvalue weighted by Gasteiger charge is 2.22. The zero-order chi connectivity index (χ0) is 14.5. The van der Waals surface area contributed by atoms with Gasteiger partial charge in [0, 0.05) is 6.54 Å². The van der Waals surface area contributed by atoms with E-state index in [2.05, 4.69) is 26.1 Å². The Morgan fingerprint density at radius 2 is 2.05 bits per heavy atom. The van der Waals surface area contributed by atoms with Crippen molar-refractivity contribution < 1.29 is 9.66 Å². The van der Waals surface area contributed by atoms with Crippen LogP contribution >= 0.6 is 0 Å². The maximum absolute atomic E-state index is 11.2. The molecule has 0 amide bonds. The smallest absolute Gasteiger partial charge is 0.333 e. The Bertz CT molecular complexity index is 439. The van der Waals surface area contributed by atoms with Gasteiger partial charge in [0.25, 0.3) is 0 Å². The van der Waals surface area contributed by atoms with Crippen molar-refractivity contribution in [3.63, 3.8) is 0 Å². The molecule has 5 nitrogen and oxygen atoms in total. The van der Waals surface area contributed by atoms with Crippen LogP contribution in [-0.4, -0.2) is 18.1 Å². The monoisotopic (exact) mass is 266 g/mol. The van der Waals surface area contributed by atoms with Gasteiger partial charge < -0.3 is 10.1 Å². The molecule has 1 N–H and O–H groups in total. The molecule has 0 atom stereocenters. The molecule has 0 heterocycles. The number of rotatable bonds is 6. The number of nitro groups is 1. The van der Waals surface area contributed by atoms with Crippen LogP contribution in [0.2, 0.25) is 0 Å². The molecule has 0 aromatic heterocycles. The van der Waals surface area contributed by atoms with Gasteiger partial charge in [0.1, 0.15) is 5.69 Å². The lowest BCUT2D eigenvalue weighted by Crippen LogP contribution is -2.19. The second kappa shape index (κ2) is 6.41. The Kier molecular flexibility index (Phi) is 5.15. The number of nitro benzene ring substituents is 1. The minimum Gasteiger partial charge on any atom is -0.487 e. The number of hydrogen-bond donors (Lipinski definition) is 1. The first-order valence-corrected chi connectivity index (χ1v) is 6.49. The molecule has 0 radical (unpaired) electrons. The Hall–Kier alpha value is -1.78. The minimum absolute atomic E-state index is 0.0141. The van der Waals surface area contributed by atoms with Crippen molar-refractivity contribution in [2.75, 3.05) is 18.5 Å². The van der Waals surface area contributed by atoms with Crippen molar-refractivity contribution in [2.45, 2.75) is 34.1 Å². The molecule has 1 aromatic rings. The largest absolute Gasteiger partial charge is 0.487 e. The third kappa shape index (κ3) is 4.77.